The summed E-state index contributed by atoms with van der Waals surface area (Å²) in [4.78, 5) is 20.6. The molecule has 1 aliphatic heterocycles. The van der Waals surface area contributed by atoms with E-state index in [9.17, 15) is 9.18 Å². The van der Waals surface area contributed by atoms with Gasteiger partial charge in [-0.05, 0) is 69.0 Å². The molecule has 6 nitrogen and oxygen atoms in total. The first kappa shape index (κ1) is 21.9. The molecule has 33 heavy (non-hydrogen) atoms. The summed E-state index contributed by atoms with van der Waals surface area (Å²) in [7, 11) is 0. The Morgan fingerprint density at radius 3 is 2.48 bits per heavy atom. The van der Waals surface area contributed by atoms with Crippen LogP contribution in [0.2, 0.25) is 0 Å². The highest BCUT2D eigenvalue weighted by molar-refractivity contribution is 5.84. The lowest BCUT2D eigenvalue weighted by atomic mass is 9.90. The van der Waals surface area contributed by atoms with Gasteiger partial charge in [0.1, 0.15) is 42.1 Å². The van der Waals surface area contributed by atoms with Crippen molar-refractivity contribution in [2.75, 3.05) is 26.4 Å². The second-order valence-corrected chi connectivity index (χ2v) is 8.92. The van der Waals surface area contributed by atoms with Gasteiger partial charge in [0.2, 0.25) is 0 Å². The van der Waals surface area contributed by atoms with E-state index < -0.39 is 6.67 Å². The maximum absolute atomic E-state index is 13.4. The number of alkyl halides is 1. The van der Waals surface area contributed by atoms with Gasteiger partial charge in [-0.1, -0.05) is 12.5 Å². The van der Waals surface area contributed by atoms with Crippen molar-refractivity contribution in [2.24, 2.45) is 0 Å². The molecular weight excluding hydrogens is 421 g/mol. The van der Waals surface area contributed by atoms with Gasteiger partial charge in [-0.2, -0.15) is 0 Å². The first-order valence-electron chi connectivity index (χ1n) is 11.9. The van der Waals surface area contributed by atoms with E-state index in [4.69, 9.17) is 9.47 Å². The molecule has 1 aliphatic carbocycles. The van der Waals surface area contributed by atoms with Gasteiger partial charge in [0.15, 0.2) is 0 Å². The number of fused-ring (bicyclic) bond motifs is 1. The Bertz CT molecular complexity index is 1170. The average molecular weight is 452 g/mol. The number of hydrogen-bond acceptors (Lipinski definition) is 5. The minimum absolute atomic E-state index is 0.0992. The summed E-state index contributed by atoms with van der Waals surface area (Å²) >= 11 is 0. The summed E-state index contributed by atoms with van der Waals surface area (Å²) in [6.07, 6.45) is 6.39. The average Bonchev–Trinajstić information content (AvgIpc) is 2.78. The fourth-order valence-corrected chi connectivity index (χ4v) is 4.86. The molecule has 1 saturated heterocycles. The van der Waals surface area contributed by atoms with Crippen molar-refractivity contribution in [3.63, 3.8) is 0 Å². The van der Waals surface area contributed by atoms with E-state index in [0.717, 1.165) is 37.7 Å². The highest BCUT2D eigenvalue weighted by Crippen LogP contribution is 2.29. The number of likely N-dealkylation sites (tertiary alicyclic amines) is 1. The van der Waals surface area contributed by atoms with Gasteiger partial charge in [-0.15, -0.1) is 0 Å². The van der Waals surface area contributed by atoms with E-state index in [1.54, 1.807) is 29.7 Å². The second kappa shape index (κ2) is 9.51. The molecule has 0 radical (unpaired) electrons. The molecule has 0 spiro atoms. The molecule has 0 N–H and O–H groups in total. The summed E-state index contributed by atoms with van der Waals surface area (Å²) in [6.45, 7) is 3.30. The van der Waals surface area contributed by atoms with Crippen LogP contribution in [0.1, 0.15) is 37.9 Å². The quantitative estimate of drug-likeness (QED) is 0.532. The first-order valence-corrected chi connectivity index (χ1v) is 11.9. The van der Waals surface area contributed by atoms with Gasteiger partial charge >= 0.3 is 0 Å². The molecule has 2 fully saturated rings. The molecule has 1 aromatic heterocycles. The monoisotopic (exact) mass is 451 g/mol. The number of hydrogen-bond donors (Lipinski definition) is 0. The zero-order chi connectivity index (χ0) is 22.8. The fraction of sp³-hybridized carbons (Fsp3) is 0.462. The molecular formula is C26H30FN3O3. The Morgan fingerprint density at radius 1 is 1.06 bits per heavy atom. The number of halogens is 1. The molecule has 1 saturated carbocycles. The summed E-state index contributed by atoms with van der Waals surface area (Å²) < 4.78 is 25.9. The van der Waals surface area contributed by atoms with Gasteiger partial charge in [-0.3, -0.25) is 9.36 Å². The maximum Gasteiger partial charge on any atom is 0.269 e. The van der Waals surface area contributed by atoms with Crippen LogP contribution < -0.4 is 15.0 Å². The molecule has 0 atom stereocenters. The van der Waals surface area contributed by atoms with E-state index in [1.165, 1.54) is 19.3 Å². The lowest BCUT2D eigenvalue weighted by Gasteiger charge is -2.41. The van der Waals surface area contributed by atoms with Crippen molar-refractivity contribution in [1.29, 1.82) is 0 Å². The topological polar surface area (TPSA) is 56.6 Å². The lowest BCUT2D eigenvalue weighted by molar-refractivity contribution is 0.0493. The van der Waals surface area contributed by atoms with Crippen LogP contribution in [0.4, 0.5) is 4.39 Å². The highest BCUT2D eigenvalue weighted by atomic mass is 19.1. The molecule has 2 aliphatic rings. The number of aryl methyl sites for hydroxylation is 1. The third kappa shape index (κ3) is 4.47. The Kier molecular flexibility index (Phi) is 6.31. The Morgan fingerprint density at radius 2 is 1.82 bits per heavy atom. The van der Waals surface area contributed by atoms with Crippen LogP contribution in [0.3, 0.4) is 0 Å². The van der Waals surface area contributed by atoms with E-state index >= 15 is 0 Å². The third-order valence-electron chi connectivity index (χ3n) is 6.83. The van der Waals surface area contributed by atoms with Crippen molar-refractivity contribution in [3.05, 3.63) is 58.6 Å². The smallest absolute Gasteiger partial charge is 0.269 e. The van der Waals surface area contributed by atoms with Crippen LogP contribution in [-0.2, 0) is 0 Å². The molecule has 5 rings (SSSR count). The Labute approximate surface area is 193 Å². The summed E-state index contributed by atoms with van der Waals surface area (Å²) in [5.41, 5.74) is 1.02. The van der Waals surface area contributed by atoms with E-state index in [0.29, 0.717) is 28.2 Å². The van der Waals surface area contributed by atoms with Crippen molar-refractivity contribution < 1.29 is 13.9 Å². The van der Waals surface area contributed by atoms with Gasteiger partial charge in [-0.25, -0.2) is 9.37 Å². The van der Waals surface area contributed by atoms with E-state index in [1.807, 2.05) is 24.3 Å². The minimum Gasteiger partial charge on any atom is -0.490 e. The van der Waals surface area contributed by atoms with E-state index in [-0.39, 0.29) is 18.3 Å². The van der Waals surface area contributed by atoms with Crippen LogP contribution in [0, 0.1) is 6.92 Å². The molecule has 174 valence electrons. The zero-order valence-electron chi connectivity index (χ0n) is 19.0. The zero-order valence-corrected chi connectivity index (χ0v) is 19.0. The molecule has 3 aromatic rings. The van der Waals surface area contributed by atoms with Crippen molar-refractivity contribution >= 4 is 10.9 Å². The minimum atomic E-state index is -0.620. The molecule has 0 unspecified atom stereocenters. The predicted octanol–water partition coefficient (Wildman–Crippen LogP) is 4.44. The van der Waals surface area contributed by atoms with Crippen molar-refractivity contribution in [2.45, 2.75) is 51.2 Å². The maximum atomic E-state index is 13.4. The molecule has 0 amide bonds. The summed E-state index contributed by atoms with van der Waals surface area (Å²) in [5, 5.41) is 0.357. The normalized spacial score (nSPS) is 17.8. The lowest BCUT2D eigenvalue weighted by Crippen LogP contribution is -2.46. The fourth-order valence-electron chi connectivity index (χ4n) is 4.86. The Hall–Kier alpha value is -2.93. The van der Waals surface area contributed by atoms with Crippen molar-refractivity contribution in [1.82, 2.24) is 14.5 Å². The molecule has 2 aromatic carbocycles. The van der Waals surface area contributed by atoms with Crippen LogP contribution in [-0.4, -0.2) is 53.0 Å². The Balaban J connectivity index is 1.34. The van der Waals surface area contributed by atoms with Gasteiger partial charge < -0.3 is 14.4 Å². The second-order valence-electron chi connectivity index (χ2n) is 8.92. The van der Waals surface area contributed by atoms with Gasteiger partial charge in [0.25, 0.3) is 5.56 Å². The number of aromatic nitrogens is 2. The van der Waals surface area contributed by atoms with Crippen LogP contribution in [0.5, 0.6) is 11.5 Å². The van der Waals surface area contributed by atoms with Gasteiger partial charge in [0.05, 0.1) is 11.2 Å². The molecule has 2 heterocycles. The van der Waals surface area contributed by atoms with Crippen LogP contribution >= 0.6 is 0 Å². The number of benzene rings is 2. The molecule has 0 bridgehead atoms. The number of piperidine rings is 1. The van der Waals surface area contributed by atoms with E-state index in [2.05, 4.69) is 9.88 Å². The number of nitrogens with zero attached hydrogens (tertiary/aromatic N) is 3. The summed E-state index contributed by atoms with van der Waals surface area (Å²) in [6, 6.07) is 13.6. The van der Waals surface area contributed by atoms with Crippen LogP contribution in [0.25, 0.3) is 16.6 Å². The van der Waals surface area contributed by atoms with Gasteiger partial charge in [0, 0.05) is 19.1 Å². The first-order chi connectivity index (χ1) is 16.1. The third-order valence-corrected chi connectivity index (χ3v) is 6.83. The highest BCUT2D eigenvalue weighted by Gasteiger charge is 2.29. The SMILES string of the molecule is Cc1nc2cccc(OCCF)c2c(=O)n1-c1ccc(OC2CCN(C3CCC3)CC2)cc1. The summed E-state index contributed by atoms with van der Waals surface area (Å²) in [5.74, 6) is 1.74. The predicted molar refractivity (Wildman–Crippen MR) is 126 cm³/mol. The molecule has 7 heteroatoms. The number of rotatable bonds is 7. The van der Waals surface area contributed by atoms with Crippen LogP contribution in [0.15, 0.2) is 47.3 Å². The standard InChI is InChI=1S/C26H30FN3O3/c1-18-28-23-6-3-7-24(32-17-14-27)25(23)26(31)30(18)20-8-10-21(11-9-20)33-22-12-15-29(16-13-22)19-4-2-5-19/h3,6-11,19,22H,2,4-5,12-17H2,1H3. The largest absolute Gasteiger partial charge is 0.490 e. The van der Waals surface area contributed by atoms with Crippen molar-refractivity contribution in [3.8, 4) is 17.2 Å². The number of ether oxygens (including phenoxy) is 2.